The summed E-state index contributed by atoms with van der Waals surface area (Å²) < 4.78 is 16.4. The Morgan fingerprint density at radius 3 is 2.26 bits per heavy atom. The Labute approximate surface area is 204 Å². The SMILES string of the molecule is COc1cccc(C(C)(C(C)C=Cc2ccccc2)N(C)CCc2ccc(OC)c(OC)c2)c1. The predicted octanol–water partition coefficient (Wildman–Crippen LogP) is 6.45. The summed E-state index contributed by atoms with van der Waals surface area (Å²) in [4.78, 5) is 2.44. The molecule has 4 nitrogen and oxygen atoms in total. The van der Waals surface area contributed by atoms with Crippen LogP contribution in [0.25, 0.3) is 6.08 Å². The molecule has 3 aromatic carbocycles. The molecule has 0 radical (unpaired) electrons. The minimum absolute atomic E-state index is 0.240. The van der Waals surface area contributed by atoms with E-state index in [0.29, 0.717) is 0 Å². The third-order valence-electron chi connectivity index (χ3n) is 6.89. The van der Waals surface area contributed by atoms with Gasteiger partial charge in [0.1, 0.15) is 5.75 Å². The molecular formula is C30H37NO3. The van der Waals surface area contributed by atoms with Crippen molar-refractivity contribution in [3.63, 3.8) is 0 Å². The molecule has 3 aromatic rings. The Morgan fingerprint density at radius 1 is 0.853 bits per heavy atom. The molecule has 3 rings (SSSR count). The molecule has 2 unspecified atom stereocenters. The van der Waals surface area contributed by atoms with Gasteiger partial charge in [-0.15, -0.1) is 0 Å². The van der Waals surface area contributed by atoms with E-state index in [1.54, 1.807) is 21.3 Å². The number of benzene rings is 3. The second kappa shape index (κ2) is 11.8. The molecule has 0 saturated carbocycles. The van der Waals surface area contributed by atoms with Crippen molar-refractivity contribution in [3.8, 4) is 17.2 Å². The van der Waals surface area contributed by atoms with Crippen molar-refractivity contribution in [2.24, 2.45) is 5.92 Å². The molecule has 4 heteroatoms. The van der Waals surface area contributed by atoms with E-state index in [9.17, 15) is 0 Å². The Bertz CT molecular complexity index is 1080. The van der Waals surface area contributed by atoms with Crippen LogP contribution in [0.1, 0.15) is 30.5 Å². The van der Waals surface area contributed by atoms with Crippen LogP contribution in [0.4, 0.5) is 0 Å². The van der Waals surface area contributed by atoms with Gasteiger partial charge in [-0.05, 0) is 67.3 Å². The fourth-order valence-electron chi connectivity index (χ4n) is 4.34. The molecule has 2 atom stereocenters. The summed E-state index contributed by atoms with van der Waals surface area (Å²) in [6, 6.07) is 25.0. The number of ether oxygens (including phenoxy) is 3. The molecule has 0 saturated heterocycles. The predicted molar refractivity (Wildman–Crippen MR) is 141 cm³/mol. The van der Waals surface area contributed by atoms with E-state index in [1.807, 2.05) is 18.2 Å². The van der Waals surface area contributed by atoms with E-state index in [1.165, 1.54) is 16.7 Å². The molecule has 0 spiro atoms. The summed E-state index contributed by atoms with van der Waals surface area (Å²) in [7, 11) is 7.26. The quantitative estimate of drug-likeness (QED) is 0.330. The highest BCUT2D eigenvalue weighted by Crippen LogP contribution is 2.38. The standard InChI is InChI=1S/C30H37NO3/c1-23(15-16-24-11-8-7-9-12-24)30(2,26-13-10-14-27(22-26)32-4)31(3)20-19-25-17-18-28(33-5)29(21-25)34-6/h7-18,21-23H,19-20H2,1-6H3. The van der Waals surface area contributed by atoms with Crippen molar-refractivity contribution in [1.29, 1.82) is 0 Å². The Hall–Kier alpha value is -3.24. The van der Waals surface area contributed by atoms with Crippen LogP contribution in [-0.2, 0) is 12.0 Å². The molecular weight excluding hydrogens is 422 g/mol. The Kier molecular flexibility index (Phi) is 8.78. The van der Waals surface area contributed by atoms with Crippen LogP contribution in [-0.4, -0.2) is 39.8 Å². The van der Waals surface area contributed by atoms with Crippen molar-refractivity contribution in [1.82, 2.24) is 4.90 Å². The van der Waals surface area contributed by atoms with Gasteiger partial charge in [-0.2, -0.15) is 0 Å². The van der Waals surface area contributed by atoms with E-state index in [0.717, 1.165) is 30.2 Å². The summed E-state index contributed by atoms with van der Waals surface area (Å²) in [6.45, 7) is 5.48. The first-order valence-corrected chi connectivity index (χ1v) is 11.7. The summed E-state index contributed by atoms with van der Waals surface area (Å²) in [6.07, 6.45) is 5.42. The van der Waals surface area contributed by atoms with Crippen molar-refractivity contribution < 1.29 is 14.2 Å². The number of methoxy groups -OCH3 is 3. The summed E-state index contributed by atoms with van der Waals surface area (Å²) >= 11 is 0. The zero-order valence-electron chi connectivity index (χ0n) is 21.2. The van der Waals surface area contributed by atoms with E-state index in [2.05, 4.69) is 92.5 Å². The molecule has 0 aliphatic rings. The van der Waals surface area contributed by atoms with Crippen molar-refractivity contribution in [2.75, 3.05) is 34.9 Å². The molecule has 0 aliphatic carbocycles. The molecule has 180 valence electrons. The van der Waals surface area contributed by atoms with Gasteiger partial charge >= 0.3 is 0 Å². The fraction of sp³-hybridized carbons (Fsp3) is 0.333. The third-order valence-corrected chi connectivity index (χ3v) is 6.89. The smallest absolute Gasteiger partial charge is 0.160 e. The van der Waals surface area contributed by atoms with Crippen LogP contribution in [0.2, 0.25) is 0 Å². The lowest BCUT2D eigenvalue weighted by atomic mass is 9.78. The minimum atomic E-state index is -0.240. The van der Waals surface area contributed by atoms with E-state index < -0.39 is 0 Å². The zero-order chi connectivity index (χ0) is 24.6. The monoisotopic (exact) mass is 459 g/mol. The second-order valence-electron chi connectivity index (χ2n) is 8.80. The molecule has 0 aliphatic heterocycles. The number of likely N-dealkylation sites (N-methyl/N-ethyl adjacent to an activating group) is 1. The molecule has 0 aromatic heterocycles. The Morgan fingerprint density at radius 2 is 1.59 bits per heavy atom. The lowest BCUT2D eigenvalue weighted by Gasteiger charge is -2.43. The van der Waals surface area contributed by atoms with Crippen LogP contribution in [0.3, 0.4) is 0 Å². The molecule has 0 amide bonds. The number of nitrogens with zero attached hydrogens (tertiary/aromatic N) is 1. The van der Waals surface area contributed by atoms with Gasteiger partial charge in [-0.25, -0.2) is 0 Å². The van der Waals surface area contributed by atoms with Crippen LogP contribution >= 0.6 is 0 Å². The first-order chi connectivity index (χ1) is 16.4. The van der Waals surface area contributed by atoms with Gasteiger partial charge in [0, 0.05) is 12.1 Å². The van der Waals surface area contributed by atoms with E-state index in [4.69, 9.17) is 14.2 Å². The van der Waals surface area contributed by atoms with Crippen molar-refractivity contribution >= 4 is 6.08 Å². The number of hydrogen-bond acceptors (Lipinski definition) is 4. The van der Waals surface area contributed by atoms with Gasteiger partial charge < -0.3 is 14.2 Å². The first kappa shape index (κ1) is 25.4. The van der Waals surface area contributed by atoms with Gasteiger partial charge in [0.15, 0.2) is 11.5 Å². The summed E-state index contributed by atoms with van der Waals surface area (Å²) in [5, 5.41) is 0. The van der Waals surface area contributed by atoms with Crippen molar-refractivity contribution in [3.05, 3.63) is 95.6 Å². The van der Waals surface area contributed by atoms with Crippen LogP contribution in [0, 0.1) is 5.92 Å². The first-order valence-electron chi connectivity index (χ1n) is 11.7. The van der Waals surface area contributed by atoms with Gasteiger partial charge in [-0.3, -0.25) is 4.90 Å². The third kappa shape index (κ3) is 5.81. The van der Waals surface area contributed by atoms with E-state index >= 15 is 0 Å². The normalized spacial score (nSPS) is 14.1. The highest BCUT2D eigenvalue weighted by Gasteiger charge is 2.36. The summed E-state index contributed by atoms with van der Waals surface area (Å²) in [5.41, 5.74) is 3.41. The van der Waals surface area contributed by atoms with Crippen LogP contribution in [0.15, 0.2) is 78.9 Å². The fourth-order valence-corrected chi connectivity index (χ4v) is 4.34. The van der Waals surface area contributed by atoms with Gasteiger partial charge in [-0.1, -0.05) is 67.6 Å². The summed E-state index contributed by atoms with van der Waals surface area (Å²) in [5.74, 6) is 2.63. The largest absolute Gasteiger partial charge is 0.497 e. The molecule has 34 heavy (non-hydrogen) atoms. The zero-order valence-corrected chi connectivity index (χ0v) is 21.2. The van der Waals surface area contributed by atoms with Gasteiger partial charge in [0.05, 0.1) is 21.3 Å². The number of hydrogen-bond donors (Lipinski definition) is 0. The van der Waals surface area contributed by atoms with Crippen LogP contribution < -0.4 is 14.2 Å². The minimum Gasteiger partial charge on any atom is -0.497 e. The lowest BCUT2D eigenvalue weighted by Crippen LogP contribution is -2.46. The highest BCUT2D eigenvalue weighted by molar-refractivity contribution is 5.50. The average Bonchev–Trinajstić information content (AvgIpc) is 2.90. The molecule has 0 fully saturated rings. The van der Waals surface area contributed by atoms with Crippen molar-refractivity contribution in [2.45, 2.75) is 25.8 Å². The molecule has 0 N–H and O–H groups in total. The maximum Gasteiger partial charge on any atom is 0.160 e. The maximum atomic E-state index is 5.55. The van der Waals surface area contributed by atoms with E-state index in [-0.39, 0.29) is 11.5 Å². The van der Waals surface area contributed by atoms with Gasteiger partial charge in [0.2, 0.25) is 0 Å². The average molecular weight is 460 g/mol. The highest BCUT2D eigenvalue weighted by atomic mass is 16.5. The lowest BCUT2D eigenvalue weighted by molar-refractivity contribution is 0.0987. The second-order valence-corrected chi connectivity index (χ2v) is 8.80. The molecule has 0 bridgehead atoms. The molecule has 0 heterocycles. The Balaban J connectivity index is 1.88. The maximum absolute atomic E-state index is 5.55. The van der Waals surface area contributed by atoms with Gasteiger partial charge in [0.25, 0.3) is 0 Å². The topological polar surface area (TPSA) is 30.9 Å². The number of rotatable bonds is 11. The van der Waals surface area contributed by atoms with Crippen LogP contribution in [0.5, 0.6) is 17.2 Å².